The fraction of sp³-hybridized carbons (Fsp3) is 0.278. The minimum atomic E-state index is 0.0385. The quantitative estimate of drug-likeness (QED) is 0.837. The lowest BCUT2D eigenvalue weighted by molar-refractivity contribution is 0.208. The number of anilines is 2. The summed E-state index contributed by atoms with van der Waals surface area (Å²) in [5.74, 6) is 0.935. The maximum Gasteiger partial charge on any atom is 0.163 e. The molecule has 5 nitrogen and oxygen atoms in total. The minimum absolute atomic E-state index is 0.0385. The van der Waals surface area contributed by atoms with Crippen molar-refractivity contribution in [2.45, 2.75) is 13.1 Å². The van der Waals surface area contributed by atoms with Gasteiger partial charge in [0.2, 0.25) is 0 Å². The monoisotopic (exact) mass is 340 g/mol. The lowest BCUT2D eigenvalue weighted by atomic mass is 10.2. The molecule has 3 heterocycles. The summed E-state index contributed by atoms with van der Waals surface area (Å²) in [5.41, 5.74) is 3.55. The Morgan fingerprint density at radius 2 is 2.12 bits per heavy atom. The van der Waals surface area contributed by atoms with Crippen molar-refractivity contribution < 1.29 is 4.74 Å². The number of allylic oxidation sites excluding steroid dienone is 1. The number of fused-ring (bicyclic) bond motifs is 3. The van der Waals surface area contributed by atoms with E-state index in [-0.39, 0.29) is 6.17 Å². The van der Waals surface area contributed by atoms with Gasteiger partial charge < -0.3 is 20.3 Å². The molecule has 0 radical (unpaired) electrons. The van der Waals surface area contributed by atoms with Gasteiger partial charge in [0.1, 0.15) is 10.8 Å². The van der Waals surface area contributed by atoms with Crippen LogP contribution in [-0.2, 0) is 4.74 Å². The van der Waals surface area contributed by atoms with Gasteiger partial charge in [0.05, 0.1) is 18.8 Å². The maximum absolute atomic E-state index is 5.12. The van der Waals surface area contributed by atoms with Gasteiger partial charge in [-0.25, -0.2) is 0 Å². The van der Waals surface area contributed by atoms with Gasteiger partial charge in [-0.05, 0) is 18.6 Å². The van der Waals surface area contributed by atoms with Crippen molar-refractivity contribution in [3.63, 3.8) is 0 Å². The molecule has 0 saturated carbocycles. The number of aliphatic imine (C=N–C) groups is 1. The van der Waals surface area contributed by atoms with Crippen molar-refractivity contribution in [2.24, 2.45) is 4.99 Å². The summed E-state index contributed by atoms with van der Waals surface area (Å²) in [6.07, 6.45) is 2.09. The Balaban J connectivity index is 1.72. The minimum Gasteiger partial charge on any atom is -0.383 e. The molecule has 6 heteroatoms. The lowest BCUT2D eigenvalue weighted by Gasteiger charge is -2.33. The van der Waals surface area contributed by atoms with Crippen molar-refractivity contribution in [3.05, 3.63) is 48.3 Å². The molecule has 24 heavy (non-hydrogen) atoms. The highest BCUT2D eigenvalue weighted by atomic mass is 32.1. The van der Waals surface area contributed by atoms with Crippen LogP contribution in [0.1, 0.15) is 6.92 Å². The van der Waals surface area contributed by atoms with Gasteiger partial charge in [0, 0.05) is 23.9 Å². The molecule has 0 spiro atoms. The van der Waals surface area contributed by atoms with Crippen LogP contribution in [0.2, 0.25) is 0 Å². The Morgan fingerprint density at radius 3 is 2.92 bits per heavy atom. The van der Waals surface area contributed by atoms with Crippen molar-refractivity contribution in [1.29, 1.82) is 0 Å². The number of ether oxygens (including phenoxy) is 1. The summed E-state index contributed by atoms with van der Waals surface area (Å²) >= 11 is 1.80. The first-order valence-corrected chi connectivity index (χ1v) is 8.81. The Morgan fingerprint density at radius 1 is 1.29 bits per heavy atom. The van der Waals surface area contributed by atoms with Crippen LogP contribution in [0, 0.1) is 0 Å². The van der Waals surface area contributed by atoms with Crippen LogP contribution in [0.25, 0.3) is 10.4 Å². The molecule has 2 aromatic rings. The molecule has 2 aliphatic heterocycles. The molecule has 0 bridgehead atoms. The van der Waals surface area contributed by atoms with E-state index in [4.69, 9.17) is 4.74 Å². The van der Waals surface area contributed by atoms with Crippen LogP contribution < -0.4 is 15.5 Å². The summed E-state index contributed by atoms with van der Waals surface area (Å²) in [7, 11) is 1.70. The molecule has 0 aliphatic carbocycles. The van der Waals surface area contributed by atoms with Crippen molar-refractivity contribution in [1.82, 2.24) is 5.32 Å². The molecular weight excluding hydrogens is 320 g/mol. The molecule has 0 saturated heterocycles. The van der Waals surface area contributed by atoms with Gasteiger partial charge >= 0.3 is 0 Å². The number of methoxy groups -OCH3 is 1. The molecule has 1 atom stereocenters. The van der Waals surface area contributed by atoms with E-state index in [0.717, 1.165) is 11.5 Å². The fourth-order valence-corrected chi connectivity index (χ4v) is 4.22. The number of nitrogens with zero attached hydrogens (tertiary/aromatic N) is 2. The second-order valence-electron chi connectivity index (χ2n) is 5.81. The van der Waals surface area contributed by atoms with Gasteiger partial charge in [0.15, 0.2) is 6.17 Å². The SMILES string of the molecule is COCCN=C1Nc2cc(-c3ccccc3)sc2N2C(C)=CNC12. The standard InChI is InChI=1S/C18H20N4OS/c1-12-11-20-17-16(19-8-9-23-2)21-14-10-15(24-18(14)22(12)17)13-6-4-3-5-7-13/h3-7,10-11,17,20H,8-9H2,1-2H3,(H,19,21). The zero-order valence-electron chi connectivity index (χ0n) is 13.7. The van der Waals surface area contributed by atoms with Crippen molar-refractivity contribution in [3.8, 4) is 10.4 Å². The third kappa shape index (κ3) is 2.57. The molecule has 0 fully saturated rings. The Bertz CT molecular complexity index is 797. The number of rotatable bonds is 4. The average Bonchev–Trinajstić information content (AvgIpc) is 3.19. The second kappa shape index (κ2) is 6.30. The predicted molar refractivity (Wildman–Crippen MR) is 101 cm³/mol. The highest BCUT2D eigenvalue weighted by Crippen LogP contribution is 2.46. The summed E-state index contributed by atoms with van der Waals surface area (Å²) in [6.45, 7) is 3.39. The molecular formula is C18H20N4OS. The maximum atomic E-state index is 5.12. The number of nitrogens with one attached hydrogen (secondary N) is 2. The zero-order valence-corrected chi connectivity index (χ0v) is 14.6. The molecule has 1 aromatic carbocycles. The number of amidine groups is 1. The third-order valence-electron chi connectivity index (χ3n) is 4.18. The van der Waals surface area contributed by atoms with E-state index in [1.807, 2.05) is 6.07 Å². The molecule has 124 valence electrons. The largest absolute Gasteiger partial charge is 0.383 e. The van der Waals surface area contributed by atoms with Crippen LogP contribution in [-0.4, -0.2) is 32.3 Å². The van der Waals surface area contributed by atoms with Crippen LogP contribution in [0.5, 0.6) is 0 Å². The first kappa shape index (κ1) is 15.2. The summed E-state index contributed by atoms with van der Waals surface area (Å²) < 4.78 is 5.12. The molecule has 4 rings (SSSR count). The zero-order chi connectivity index (χ0) is 16.5. The first-order valence-electron chi connectivity index (χ1n) is 7.99. The van der Waals surface area contributed by atoms with Gasteiger partial charge in [-0.2, -0.15) is 0 Å². The first-order chi connectivity index (χ1) is 11.8. The number of thiophene rings is 1. The van der Waals surface area contributed by atoms with E-state index >= 15 is 0 Å². The van der Waals surface area contributed by atoms with Gasteiger partial charge in [-0.1, -0.05) is 30.3 Å². The Hall–Kier alpha value is -2.31. The number of hydrogen-bond donors (Lipinski definition) is 2. The normalized spacial score (nSPS) is 20.2. The summed E-state index contributed by atoms with van der Waals surface area (Å²) in [4.78, 5) is 8.25. The van der Waals surface area contributed by atoms with E-state index < -0.39 is 0 Å². The van der Waals surface area contributed by atoms with E-state index in [1.165, 1.54) is 21.1 Å². The number of hydrogen-bond acceptors (Lipinski definition) is 5. The Labute approximate surface area is 145 Å². The average molecular weight is 340 g/mol. The molecule has 2 N–H and O–H groups in total. The van der Waals surface area contributed by atoms with Crippen LogP contribution >= 0.6 is 11.3 Å². The van der Waals surface area contributed by atoms with Crippen molar-refractivity contribution in [2.75, 3.05) is 30.5 Å². The van der Waals surface area contributed by atoms with Crippen molar-refractivity contribution >= 4 is 27.9 Å². The molecule has 1 unspecified atom stereocenters. The van der Waals surface area contributed by atoms with Gasteiger partial charge in [0.25, 0.3) is 0 Å². The van der Waals surface area contributed by atoms with E-state index in [0.29, 0.717) is 13.2 Å². The van der Waals surface area contributed by atoms with Crippen LogP contribution in [0.15, 0.2) is 53.3 Å². The fourth-order valence-electron chi connectivity index (χ4n) is 3.01. The van der Waals surface area contributed by atoms with Crippen LogP contribution in [0.4, 0.5) is 10.7 Å². The highest BCUT2D eigenvalue weighted by molar-refractivity contribution is 7.20. The molecule has 2 aliphatic rings. The smallest absolute Gasteiger partial charge is 0.163 e. The second-order valence-corrected chi connectivity index (χ2v) is 6.84. The lowest BCUT2D eigenvalue weighted by Crippen LogP contribution is -2.49. The van der Waals surface area contributed by atoms with E-state index in [9.17, 15) is 0 Å². The predicted octanol–water partition coefficient (Wildman–Crippen LogP) is 3.48. The highest BCUT2D eigenvalue weighted by Gasteiger charge is 2.36. The topological polar surface area (TPSA) is 48.9 Å². The third-order valence-corrected chi connectivity index (χ3v) is 5.36. The van der Waals surface area contributed by atoms with E-state index in [1.54, 1.807) is 18.4 Å². The number of benzene rings is 1. The van der Waals surface area contributed by atoms with Gasteiger partial charge in [-0.15, -0.1) is 11.3 Å². The summed E-state index contributed by atoms with van der Waals surface area (Å²) in [5, 5.41) is 8.14. The van der Waals surface area contributed by atoms with Crippen LogP contribution in [0.3, 0.4) is 0 Å². The molecule has 1 aromatic heterocycles. The van der Waals surface area contributed by atoms with E-state index in [2.05, 4.69) is 64.0 Å². The Kier molecular flexibility index (Phi) is 4.00. The molecule has 0 amide bonds. The summed E-state index contributed by atoms with van der Waals surface area (Å²) in [6, 6.07) is 12.7. The van der Waals surface area contributed by atoms with Gasteiger partial charge in [-0.3, -0.25) is 4.99 Å².